The van der Waals surface area contributed by atoms with Crippen LogP contribution in [0.15, 0.2) is 24.3 Å². The summed E-state index contributed by atoms with van der Waals surface area (Å²) in [6.07, 6.45) is 0. The molecule has 5 nitrogen and oxygen atoms in total. The molecule has 0 aromatic heterocycles. The molecule has 0 spiro atoms. The number of benzene rings is 1. The zero-order chi connectivity index (χ0) is 13.7. The highest BCUT2D eigenvalue weighted by molar-refractivity contribution is 7.99. The normalized spacial score (nSPS) is 14.7. The molecule has 0 saturated carbocycles. The van der Waals surface area contributed by atoms with Crippen molar-refractivity contribution >= 4 is 29.3 Å². The number of nitrogens with one attached hydrogen (secondary N) is 2. The largest absolute Gasteiger partial charge is 0.366 e. The van der Waals surface area contributed by atoms with Crippen LogP contribution in [0.1, 0.15) is 10.4 Å². The van der Waals surface area contributed by atoms with Crippen LogP contribution < -0.4 is 16.4 Å². The Kier molecular flexibility index (Phi) is 4.81. The molecule has 1 aliphatic heterocycles. The summed E-state index contributed by atoms with van der Waals surface area (Å²) < 4.78 is 0. The van der Waals surface area contributed by atoms with E-state index in [1.165, 1.54) is 0 Å². The number of amides is 2. The molecule has 1 aromatic rings. The lowest BCUT2D eigenvalue weighted by Crippen LogP contribution is -2.43. The fraction of sp³-hybridized carbons (Fsp3) is 0.385. The average Bonchev–Trinajstić information content (AvgIpc) is 2.33. The quantitative estimate of drug-likeness (QED) is 0.715. The molecule has 0 bridgehead atoms. The predicted molar refractivity (Wildman–Crippen MR) is 77.3 cm³/mol. The maximum Gasteiger partial charge on any atom is 0.248 e. The Morgan fingerprint density at radius 1 is 1.32 bits per heavy atom. The molecule has 102 valence electrons. The number of carbonyl (C=O) groups excluding carboxylic acids is 2. The number of hydrogen-bond donors (Lipinski definition) is 3. The zero-order valence-electron chi connectivity index (χ0n) is 10.5. The van der Waals surface area contributed by atoms with Crippen LogP contribution in [0, 0.1) is 5.92 Å². The fourth-order valence-corrected chi connectivity index (χ4v) is 2.64. The van der Waals surface area contributed by atoms with Gasteiger partial charge in [-0.3, -0.25) is 9.59 Å². The number of nitrogens with two attached hydrogens (primary N) is 1. The van der Waals surface area contributed by atoms with Gasteiger partial charge < -0.3 is 16.4 Å². The third-order valence-corrected chi connectivity index (χ3v) is 4.08. The standard InChI is InChI=1S/C13H17N3O2S/c14-13(18)10-1-3-11(4-2-10)16-12(17)8-19-7-9-5-15-6-9/h1-4,9,15H,5-8H2,(H2,14,18)(H,16,17). The molecule has 19 heavy (non-hydrogen) atoms. The highest BCUT2D eigenvalue weighted by Gasteiger charge is 2.16. The van der Waals surface area contributed by atoms with Crippen LogP contribution in [-0.4, -0.2) is 36.4 Å². The van der Waals surface area contributed by atoms with E-state index in [1.807, 2.05) is 0 Å². The number of anilines is 1. The van der Waals surface area contributed by atoms with Gasteiger partial charge in [0.2, 0.25) is 11.8 Å². The predicted octanol–water partition coefficient (Wildman–Crippen LogP) is 0.677. The van der Waals surface area contributed by atoms with Gasteiger partial charge in [-0.15, -0.1) is 0 Å². The van der Waals surface area contributed by atoms with Crippen molar-refractivity contribution in [2.24, 2.45) is 11.7 Å². The summed E-state index contributed by atoms with van der Waals surface area (Å²) in [5.74, 6) is 1.68. The van der Waals surface area contributed by atoms with Crippen molar-refractivity contribution < 1.29 is 9.59 Å². The molecular weight excluding hydrogens is 262 g/mol. The Hall–Kier alpha value is -1.53. The number of rotatable bonds is 6. The minimum Gasteiger partial charge on any atom is -0.366 e. The monoisotopic (exact) mass is 279 g/mol. The van der Waals surface area contributed by atoms with Gasteiger partial charge in [0.05, 0.1) is 5.75 Å². The van der Waals surface area contributed by atoms with Gasteiger partial charge in [-0.1, -0.05) is 0 Å². The van der Waals surface area contributed by atoms with Gasteiger partial charge >= 0.3 is 0 Å². The molecule has 2 amide bonds. The van der Waals surface area contributed by atoms with Crippen LogP contribution in [-0.2, 0) is 4.79 Å². The van der Waals surface area contributed by atoms with E-state index in [4.69, 9.17) is 5.73 Å². The van der Waals surface area contributed by atoms with E-state index in [1.54, 1.807) is 36.0 Å². The Balaban J connectivity index is 1.73. The maximum absolute atomic E-state index is 11.7. The summed E-state index contributed by atoms with van der Waals surface area (Å²) in [5.41, 5.74) is 6.26. The molecule has 0 unspecified atom stereocenters. The van der Waals surface area contributed by atoms with Gasteiger partial charge in [0, 0.05) is 11.3 Å². The molecule has 4 N–H and O–H groups in total. The van der Waals surface area contributed by atoms with Crippen LogP contribution in [0.3, 0.4) is 0 Å². The molecule has 1 heterocycles. The molecule has 1 saturated heterocycles. The fourth-order valence-electron chi connectivity index (χ4n) is 1.70. The van der Waals surface area contributed by atoms with Gasteiger partial charge in [0.1, 0.15) is 0 Å². The van der Waals surface area contributed by atoms with Crippen molar-refractivity contribution in [2.75, 3.05) is 29.9 Å². The molecule has 6 heteroatoms. The van der Waals surface area contributed by atoms with Gasteiger partial charge in [-0.2, -0.15) is 11.8 Å². The Morgan fingerprint density at radius 2 is 2.00 bits per heavy atom. The van der Waals surface area contributed by atoms with E-state index in [0.717, 1.165) is 18.8 Å². The Bertz CT molecular complexity index is 457. The van der Waals surface area contributed by atoms with Gasteiger partial charge in [0.15, 0.2) is 0 Å². The molecule has 0 radical (unpaired) electrons. The van der Waals surface area contributed by atoms with E-state index in [9.17, 15) is 9.59 Å². The zero-order valence-corrected chi connectivity index (χ0v) is 11.3. The van der Waals surface area contributed by atoms with E-state index in [2.05, 4.69) is 10.6 Å². The summed E-state index contributed by atoms with van der Waals surface area (Å²) in [4.78, 5) is 22.6. The second kappa shape index (κ2) is 6.58. The molecule has 1 aliphatic rings. The highest BCUT2D eigenvalue weighted by atomic mass is 32.2. The summed E-state index contributed by atoms with van der Waals surface area (Å²) in [6, 6.07) is 6.56. The summed E-state index contributed by atoms with van der Waals surface area (Å²) in [5, 5.41) is 5.99. The molecular formula is C13H17N3O2S. The third-order valence-electron chi connectivity index (χ3n) is 2.91. The maximum atomic E-state index is 11.7. The van der Waals surface area contributed by atoms with Gasteiger partial charge in [-0.05, 0) is 49.0 Å². The lowest BCUT2D eigenvalue weighted by molar-refractivity contribution is -0.113. The van der Waals surface area contributed by atoms with Crippen molar-refractivity contribution in [3.63, 3.8) is 0 Å². The van der Waals surface area contributed by atoms with Crippen molar-refractivity contribution in [3.05, 3.63) is 29.8 Å². The average molecular weight is 279 g/mol. The first-order valence-electron chi connectivity index (χ1n) is 6.13. The van der Waals surface area contributed by atoms with Crippen LogP contribution in [0.2, 0.25) is 0 Å². The molecule has 1 aromatic carbocycles. The second-order valence-electron chi connectivity index (χ2n) is 4.53. The Labute approximate surface area is 116 Å². The topological polar surface area (TPSA) is 84.2 Å². The number of thioether (sulfide) groups is 1. The van der Waals surface area contributed by atoms with E-state index < -0.39 is 5.91 Å². The van der Waals surface area contributed by atoms with Crippen molar-refractivity contribution in [1.82, 2.24) is 5.32 Å². The van der Waals surface area contributed by atoms with Crippen LogP contribution in [0.25, 0.3) is 0 Å². The molecule has 1 fully saturated rings. The first-order chi connectivity index (χ1) is 9.15. The van der Waals surface area contributed by atoms with Crippen molar-refractivity contribution in [1.29, 1.82) is 0 Å². The highest BCUT2D eigenvalue weighted by Crippen LogP contribution is 2.14. The van der Waals surface area contributed by atoms with E-state index in [-0.39, 0.29) is 5.91 Å². The van der Waals surface area contributed by atoms with Crippen LogP contribution in [0.4, 0.5) is 5.69 Å². The first kappa shape index (κ1) is 13.9. The first-order valence-corrected chi connectivity index (χ1v) is 7.29. The minimum absolute atomic E-state index is 0.0240. The van der Waals surface area contributed by atoms with Gasteiger partial charge in [0.25, 0.3) is 0 Å². The Morgan fingerprint density at radius 3 is 2.53 bits per heavy atom. The smallest absolute Gasteiger partial charge is 0.248 e. The third kappa shape index (κ3) is 4.25. The van der Waals surface area contributed by atoms with E-state index >= 15 is 0 Å². The minimum atomic E-state index is -0.470. The molecule has 0 atom stereocenters. The summed E-state index contributed by atoms with van der Waals surface area (Å²) in [6.45, 7) is 2.12. The number of carbonyl (C=O) groups is 2. The summed E-state index contributed by atoms with van der Waals surface area (Å²) >= 11 is 1.65. The van der Waals surface area contributed by atoms with Crippen molar-refractivity contribution in [3.8, 4) is 0 Å². The molecule has 2 rings (SSSR count). The number of hydrogen-bond acceptors (Lipinski definition) is 4. The van der Waals surface area contributed by atoms with Gasteiger partial charge in [-0.25, -0.2) is 0 Å². The summed E-state index contributed by atoms with van der Waals surface area (Å²) in [7, 11) is 0. The molecule has 0 aliphatic carbocycles. The SMILES string of the molecule is NC(=O)c1ccc(NC(=O)CSCC2CNC2)cc1. The lowest BCUT2D eigenvalue weighted by Gasteiger charge is -2.26. The van der Waals surface area contributed by atoms with E-state index in [0.29, 0.717) is 22.9 Å². The second-order valence-corrected chi connectivity index (χ2v) is 5.56. The number of primary amides is 1. The van der Waals surface area contributed by atoms with Crippen LogP contribution >= 0.6 is 11.8 Å². The lowest BCUT2D eigenvalue weighted by atomic mass is 10.1. The van der Waals surface area contributed by atoms with Crippen molar-refractivity contribution in [2.45, 2.75) is 0 Å². The van der Waals surface area contributed by atoms with Crippen LogP contribution in [0.5, 0.6) is 0 Å².